The maximum absolute atomic E-state index is 11.8. The molecule has 11 heteroatoms. The van der Waals surface area contributed by atoms with Gasteiger partial charge in [0.15, 0.2) is 0 Å². The molecule has 0 fully saturated rings. The lowest BCUT2D eigenvalue weighted by Gasteiger charge is -2.13. The molecule has 0 spiro atoms. The highest BCUT2D eigenvalue weighted by Gasteiger charge is 2.11. The molecule has 0 aromatic heterocycles. The summed E-state index contributed by atoms with van der Waals surface area (Å²) in [5.41, 5.74) is 0. The molecule has 1 unspecified atom stereocenters. The van der Waals surface area contributed by atoms with Crippen LogP contribution in [0, 0.1) is 5.92 Å². The lowest BCUT2D eigenvalue weighted by molar-refractivity contribution is -0.160. The van der Waals surface area contributed by atoms with Gasteiger partial charge in [-0.25, -0.2) is 0 Å². The predicted molar refractivity (Wildman–Crippen MR) is 158 cm³/mol. The van der Waals surface area contributed by atoms with Crippen LogP contribution in [0.3, 0.4) is 0 Å². The van der Waals surface area contributed by atoms with E-state index in [0.29, 0.717) is 31.6 Å². The summed E-state index contributed by atoms with van der Waals surface area (Å²) < 4.78 is 25.8. The number of carbonyl (C=O) groups excluding carboxylic acids is 4. The number of carbonyl (C=O) groups is 5. The Balaban J connectivity index is 0. The molecule has 0 radical (unpaired) electrons. The summed E-state index contributed by atoms with van der Waals surface area (Å²) in [5, 5.41) is 8.54. The number of allylic oxidation sites excluding steroid dienone is 1. The molecule has 1 atom stereocenters. The van der Waals surface area contributed by atoms with E-state index >= 15 is 0 Å². The van der Waals surface area contributed by atoms with Crippen molar-refractivity contribution < 1.29 is 52.8 Å². The van der Waals surface area contributed by atoms with Gasteiger partial charge in [-0.15, -0.1) is 6.58 Å². The Kier molecular flexibility index (Phi) is 29.2. The van der Waals surface area contributed by atoms with E-state index in [1.54, 1.807) is 13.0 Å². The summed E-state index contributed by atoms with van der Waals surface area (Å²) in [6, 6.07) is 0. The van der Waals surface area contributed by atoms with Gasteiger partial charge in [0.2, 0.25) is 0 Å². The Morgan fingerprint density at radius 1 is 0.667 bits per heavy atom. The molecule has 0 aliphatic heterocycles. The molecule has 42 heavy (non-hydrogen) atoms. The Hall–Kier alpha value is -2.79. The van der Waals surface area contributed by atoms with E-state index in [9.17, 15) is 24.0 Å². The van der Waals surface area contributed by atoms with Crippen LogP contribution in [0.1, 0.15) is 111 Å². The minimum Gasteiger partial charge on any atom is -0.481 e. The summed E-state index contributed by atoms with van der Waals surface area (Å²) >= 11 is 0. The highest BCUT2D eigenvalue weighted by atomic mass is 16.6. The van der Waals surface area contributed by atoms with Crippen molar-refractivity contribution in [1.29, 1.82) is 0 Å². The van der Waals surface area contributed by atoms with Crippen molar-refractivity contribution in [2.75, 3.05) is 33.0 Å². The van der Waals surface area contributed by atoms with Gasteiger partial charge in [-0.3, -0.25) is 24.0 Å². The molecule has 0 saturated heterocycles. The van der Waals surface area contributed by atoms with Gasteiger partial charge >= 0.3 is 29.8 Å². The van der Waals surface area contributed by atoms with Crippen LogP contribution in [-0.4, -0.2) is 74.1 Å². The molecular weight excluding hydrogens is 548 g/mol. The third-order valence-corrected chi connectivity index (χ3v) is 5.52. The van der Waals surface area contributed by atoms with E-state index in [4.69, 9.17) is 28.8 Å². The zero-order valence-corrected chi connectivity index (χ0v) is 26.2. The molecule has 0 saturated carbocycles. The summed E-state index contributed by atoms with van der Waals surface area (Å²) in [5.74, 6) is -2.07. The van der Waals surface area contributed by atoms with Crippen molar-refractivity contribution >= 4 is 29.8 Å². The maximum Gasteiger partial charge on any atom is 0.313 e. The van der Waals surface area contributed by atoms with E-state index < -0.39 is 23.9 Å². The molecule has 0 amide bonds. The van der Waals surface area contributed by atoms with Gasteiger partial charge in [0.1, 0.15) is 13.2 Å². The van der Waals surface area contributed by atoms with E-state index in [2.05, 4.69) is 20.4 Å². The quantitative estimate of drug-likeness (QED) is 0.0459. The van der Waals surface area contributed by atoms with Crippen molar-refractivity contribution in [2.45, 2.75) is 117 Å². The highest BCUT2D eigenvalue weighted by Crippen LogP contribution is 2.10. The van der Waals surface area contributed by atoms with Crippen LogP contribution in [0.5, 0.6) is 0 Å². The fourth-order valence-electron chi connectivity index (χ4n) is 3.37. The van der Waals surface area contributed by atoms with Gasteiger partial charge in [0.05, 0.1) is 25.9 Å². The molecule has 0 aliphatic rings. The number of ether oxygens (including phenoxy) is 5. The fraction of sp³-hybridized carbons (Fsp3) is 0.774. The minimum absolute atomic E-state index is 0.0360. The highest BCUT2D eigenvalue weighted by molar-refractivity contribution is 5.85. The van der Waals surface area contributed by atoms with Crippen LogP contribution in [0.15, 0.2) is 12.7 Å². The largest absolute Gasteiger partial charge is 0.481 e. The molecule has 0 aromatic rings. The van der Waals surface area contributed by atoms with Gasteiger partial charge in [-0.05, 0) is 51.9 Å². The van der Waals surface area contributed by atoms with Crippen molar-refractivity contribution in [1.82, 2.24) is 0 Å². The van der Waals surface area contributed by atoms with Gasteiger partial charge in [-0.2, -0.15) is 0 Å². The molecule has 0 heterocycles. The molecule has 244 valence electrons. The molecule has 0 rings (SSSR count). The number of rotatable bonds is 25. The van der Waals surface area contributed by atoms with E-state index in [1.807, 2.05) is 6.92 Å². The number of hydrogen-bond donors (Lipinski definition) is 1. The average molecular weight is 603 g/mol. The third kappa shape index (κ3) is 33.4. The molecule has 0 bridgehead atoms. The Bertz CT molecular complexity index is 749. The molecule has 11 nitrogen and oxygen atoms in total. The lowest BCUT2D eigenvalue weighted by atomic mass is 10.0. The topological polar surface area (TPSA) is 152 Å². The van der Waals surface area contributed by atoms with Gasteiger partial charge in [-0.1, -0.05) is 39.2 Å². The number of esters is 4. The molecule has 1 N–H and O–H groups in total. The first-order chi connectivity index (χ1) is 20.0. The second kappa shape index (κ2) is 29.7. The second-order valence-corrected chi connectivity index (χ2v) is 10.3. The van der Waals surface area contributed by atoms with Crippen LogP contribution in [0.25, 0.3) is 0 Å². The van der Waals surface area contributed by atoms with Crippen LogP contribution in [0.2, 0.25) is 0 Å². The van der Waals surface area contributed by atoms with Crippen molar-refractivity contribution in [2.24, 2.45) is 5.92 Å². The Morgan fingerprint density at radius 2 is 1.12 bits per heavy atom. The average Bonchev–Trinajstić information content (AvgIpc) is 2.91. The zero-order chi connectivity index (χ0) is 32.0. The molecule has 0 aliphatic carbocycles. The number of aliphatic carboxylic acids is 1. The maximum atomic E-state index is 11.8. The number of hydrogen-bond acceptors (Lipinski definition) is 10. The summed E-state index contributed by atoms with van der Waals surface area (Å²) in [6.07, 6.45) is 7.86. The van der Waals surface area contributed by atoms with Crippen LogP contribution < -0.4 is 0 Å². The van der Waals surface area contributed by atoms with Crippen LogP contribution in [0.4, 0.5) is 0 Å². The summed E-state index contributed by atoms with van der Waals surface area (Å²) in [4.78, 5) is 57.1. The summed E-state index contributed by atoms with van der Waals surface area (Å²) in [6.45, 7) is 12.3. The smallest absolute Gasteiger partial charge is 0.313 e. The Labute approximate surface area is 251 Å². The predicted octanol–water partition coefficient (Wildman–Crippen LogP) is 5.57. The van der Waals surface area contributed by atoms with Crippen molar-refractivity contribution in [3.63, 3.8) is 0 Å². The van der Waals surface area contributed by atoms with Crippen molar-refractivity contribution in [3.8, 4) is 0 Å². The fourth-order valence-corrected chi connectivity index (χ4v) is 3.37. The normalized spacial score (nSPS) is 11.2. The van der Waals surface area contributed by atoms with E-state index in [1.165, 1.54) is 0 Å². The van der Waals surface area contributed by atoms with Crippen LogP contribution in [-0.2, 0) is 47.7 Å². The second-order valence-electron chi connectivity index (χ2n) is 10.3. The van der Waals surface area contributed by atoms with E-state index in [0.717, 1.165) is 25.7 Å². The first kappa shape index (κ1) is 41.3. The third-order valence-electron chi connectivity index (χ3n) is 5.52. The molecule has 0 aromatic carbocycles. The van der Waals surface area contributed by atoms with Gasteiger partial charge in [0.25, 0.3) is 0 Å². The van der Waals surface area contributed by atoms with Crippen LogP contribution >= 0.6 is 0 Å². The SMILES string of the molecule is C=CC.CC(C)CCCCCC(=O)OC(=O)CCCCC(=O)OCCOCC(C)OCCOC(=O)CCCCC(=O)O. The number of carboxylic acids is 1. The zero-order valence-electron chi connectivity index (χ0n) is 26.2. The molecular formula is C31H54O11. The monoisotopic (exact) mass is 602 g/mol. The van der Waals surface area contributed by atoms with Gasteiger partial charge in [0, 0.05) is 32.1 Å². The summed E-state index contributed by atoms with van der Waals surface area (Å²) in [7, 11) is 0. The standard InChI is InChI=1S/C28H48O11.C3H6/c1-22(2)11-5-4-6-15-27(33)39-28(34)16-10-9-14-25(31)37-18-17-35-21-23(3)36-19-20-38-26(32)13-8-7-12-24(29)30;1-3-2/h22-23H,4-21H2,1-3H3,(H,29,30);3H,1H2,2H3. The Morgan fingerprint density at radius 3 is 1.62 bits per heavy atom. The lowest BCUT2D eigenvalue weighted by Crippen LogP contribution is -2.21. The number of carboxylic acid groups (broad SMARTS) is 1. The van der Waals surface area contributed by atoms with Crippen molar-refractivity contribution in [3.05, 3.63) is 12.7 Å². The number of unbranched alkanes of at least 4 members (excludes halogenated alkanes) is 4. The van der Waals surface area contributed by atoms with Gasteiger partial charge < -0.3 is 28.8 Å². The first-order valence-corrected chi connectivity index (χ1v) is 15.0. The minimum atomic E-state index is -0.883. The first-order valence-electron chi connectivity index (χ1n) is 15.0. The van der Waals surface area contributed by atoms with E-state index in [-0.39, 0.29) is 77.2 Å².